The maximum Gasteiger partial charge on any atom is 0.243 e. The summed E-state index contributed by atoms with van der Waals surface area (Å²) in [6.07, 6.45) is 3.73. The second-order valence-corrected chi connectivity index (χ2v) is 11.8. The molecule has 1 aliphatic heterocycles. The van der Waals surface area contributed by atoms with Crippen LogP contribution >= 0.6 is 0 Å². The van der Waals surface area contributed by atoms with Crippen molar-refractivity contribution in [1.82, 2.24) is 9.03 Å². The molecule has 2 aliphatic rings. The number of methoxy groups -OCH3 is 1. The Morgan fingerprint density at radius 3 is 1.94 bits per heavy atom. The average Bonchev–Trinajstić information content (AvgIpc) is 3.31. The van der Waals surface area contributed by atoms with Crippen LogP contribution in [0.2, 0.25) is 0 Å². The van der Waals surface area contributed by atoms with Gasteiger partial charge in [-0.3, -0.25) is 0 Å². The first kappa shape index (κ1) is 23.0. The van der Waals surface area contributed by atoms with Gasteiger partial charge in [-0.15, -0.1) is 0 Å². The summed E-state index contributed by atoms with van der Waals surface area (Å²) in [4.78, 5) is 2.33. The summed E-state index contributed by atoms with van der Waals surface area (Å²) in [7, 11) is -5.72. The Kier molecular flexibility index (Phi) is 6.75. The smallest absolute Gasteiger partial charge is 0.243 e. The third-order valence-electron chi connectivity index (χ3n) is 6.13. The van der Waals surface area contributed by atoms with Crippen molar-refractivity contribution in [2.75, 3.05) is 38.2 Å². The predicted octanol–water partition coefficient (Wildman–Crippen LogP) is 2.43. The Morgan fingerprint density at radius 1 is 0.812 bits per heavy atom. The van der Waals surface area contributed by atoms with Gasteiger partial charge in [-0.25, -0.2) is 21.6 Å². The molecule has 2 aromatic carbocycles. The minimum absolute atomic E-state index is 0.0367. The number of nitrogens with zero attached hydrogens (tertiary/aromatic N) is 2. The normalized spacial score (nSPS) is 18.7. The van der Waals surface area contributed by atoms with Crippen LogP contribution in [0.5, 0.6) is 5.75 Å². The van der Waals surface area contributed by atoms with Crippen LogP contribution in [0.15, 0.2) is 58.3 Å². The number of hydrogen-bond donors (Lipinski definition) is 1. The number of nitrogens with one attached hydrogen (secondary N) is 1. The molecule has 0 radical (unpaired) electrons. The van der Waals surface area contributed by atoms with Crippen LogP contribution in [0, 0.1) is 0 Å². The maximum absolute atomic E-state index is 13.1. The lowest BCUT2D eigenvalue weighted by atomic mass is 10.2. The zero-order chi connectivity index (χ0) is 22.8. The molecular formula is C22H29N3O5S2. The van der Waals surface area contributed by atoms with E-state index in [1.165, 1.54) is 28.6 Å². The monoisotopic (exact) mass is 479 g/mol. The van der Waals surface area contributed by atoms with Crippen molar-refractivity contribution in [3.8, 4) is 5.75 Å². The number of ether oxygens (including phenoxy) is 1. The third-order valence-corrected chi connectivity index (χ3v) is 9.57. The van der Waals surface area contributed by atoms with E-state index >= 15 is 0 Å². The molecule has 1 aliphatic carbocycles. The highest BCUT2D eigenvalue weighted by Crippen LogP contribution is 2.25. The van der Waals surface area contributed by atoms with Crippen LogP contribution < -0.4 is 14.4 Å². The van der Waals surface area contributed by atoms with E-state index in [4.69, 9.17) is 4.74 Å². The SMILES string of the molecule is COc1ccc(N2CCN(S(=O)(=O)c3ccc(S(=O)(=O)NC4CCCC4)cc3)CC2)cc1. The van der Waals surface area contributed by atoms with Crippen LogP contribution in [0.3, 0.4) is 0 Å². The summed E-state index contributed by atoms with van der Waals surface area (Å²) in [6, 6.07) is 13.2. The van der Waals surface area contributed by atoms with E-state index in [2.05, 4.69) is 9.62 Å². The Labute approximate surface area is 190 Å². The number of anilines is 1. The molecule has 1 N–H and O–H groups in total. The minimum Gasteiger partial charge on any atom is -0.497 e. The molecule has 1 heterocycles. The molecule has 0 bridgehead atoms. The van der Waals surface area contributed by atoms with E-state index in [9.17, 15) is 16.8 Å². The van der Waals surface area contributed by atoms with Crippen LogP contribution in [-0.4, -0.2) is 60.5 Å². The molecule has 10 heteroatoms. The molecule has 8 nitrogen and oxygen atoms in total. The standard InChI is InChI=1S/C22H29N3O5S2/c1-30-20-8-6-19(7-9-20)24-14-16-25(17-15-24)32(28,29)22-12-10-21(11-13-22)31(26,27)23-18-4-2-3-5-18/h6-13,18,23H,2-5,14-17H2,1H3. The molecule has 1 saturated carbocycles. The van der Waals surface area contributed by atoms with Gasteiger partial charge in [0.1, 0.15) is 5.75 Å². The largest absolute Gasteiger partial charge is 0.497 e. The second-order valence-electron chi connectivity index (χ2n) is 8.16. The highest BCUT2D eigenvalue weighted by atomic mass is 32.2. The van der Waals surface area contributed by atoms with Gasteiger partial charge in [0.15, 0.2) is 0 Å². The quantitative estimate of drug-likeness (QED) is 0.655. The number of sulfonamides is 2. The van der Waals surface area contributed by atoms with Crippen molar-refractivity contribution in [2.24, 2.45) is 0 Å². The number of rotatable bonds is 7. The van der Waals surface area contributed by atoms with Gasteiger partial charge in [0.05, 0.1) is 16.9 Å². The fourth-order valence-electron chi connectivity index (χ4n) is 4.25. The fraction of sp³-hybridized carbons (Fsp3) is 0.455. The predicted molar refractivity (Wildman–Crippen MR) is 123 cm³/mol. The molecule has 0 unspecified atom stereocenters. The summed E-state index contributed by atoms with van der Waals surface area (Å²) in [6.45, 7) is 1.86. The van der Waals surface area contributed by atoms with Gasteiger partial charge in [-0.05, 0) is 61.4 Å². The molecule has 4 rings (SSSR count). The van der Waals surface area contributed by atoms with Gasteiger partial charge in [-0.2, -0.15) is 4.31 Å². The van der Waals surface area contributed by atoms with E-state index in [1.54, 1.807) is 7.11 Å². The van der Waals surface area contributed by atoms with Gasteiger partial charge in [-0.1, -0.05) is 12.8 Å². The molecule has 0 spiro atoms. The number of benzene rings is 2. The number of piperazine rings is 1. The molecule has 2 fully saturated rings. The lowest BCUT2D eigenvalue weighted by Crippen LogP contribution is -2.48. The molecule has 0 atom stereocenters. The van der Waals surface area contributed by atoms with E-state index in [1.807, 2.05) is 24.3 Å². The van der Waals surface area contributed by atoms with Crippen molar-refractivity contribution in [3.63, 3.8) is 0 Å². The zero-order valence-corrected chi connectivity index (χ0v) is 19.7. The molecular weight excluding hydrogens is 450 g/mol. The molecule has 1 saturated heterocycles. The third kappa shape index (κ3) is 4.93. The first-order valence-corrected chi connectivity index (χ1v) is 13.7. The lowest BCUT2D eigenvalue weighted by molar-refractivity contribution is 0.384. The van der Waals surface area contributed by atoms with Gasteiger partial charge in [0.25, 0.3) is 0 Å². The molecule has 0 amide bonds. The summed E-state index contributed by atoms with van der Waals surface area (Å²) in [5.74, 6) is 0.777. The first-order chi connectivity index (χ1) is 15.3. The second kappa shape index (κ2) is 9.38. The highest BCUT2D eigenvalue weighted by Gasteiger charge is 2.29. The van der Waals surface area contributed by atoms with Gasteiger partial charge in [0, 0.05) is 37.9 Å². The van der Waals surface area contributed by atoms with Gasteiger partial charge < -0.3 is 9.64 Å². The van der Waals surface area contributed by atoms with Crippen molar-refractivity contribution < 1.29 is 21.6 Å². The van der Waals surface area contributed by atoms with E-state index < -0.39 is 20.0 Å². The van der Waals surface area contributed by atoms with Crippen LogP contribution in [-0.2, 0) is 20.0 Å². The first-order valence-electron chi connectivity index (χ1n) is 10.8. The van der Waals surface area contributed by atoms with Crippen molar-refractivity contribution in [1.29, 1.82) is 0 Å². The molecule has 0 aromatic heterocycles. The van der Waals surface area contributed by atoms with Gasteiger partial charge in [0.2, 0.25) is 20.0 Å². The van der Waals surface area contributed by atoms with Crippen LogP contribution in [0.4, 0.5) is 5.69 Å². The van der Waals surface area contributed by atoms with E-state index in [0.29, 0.717) is 26.2 Å². The van der Waals surface area contributed by atoms with E-state index in [-0.39, 0.29) is 15.8 Å². The van der Waals surface area contributed by atoms with E-state index in [0.717, 1.165) is 37.1 Å². The Hall–Kier alpha value is -2.14. The van der Waals surface area contributed by atoms with Gasteiger partial charge >= 0.3 is 0 Å². The average molecular weight is 480 g/mol. The fourth-order valence-corrected chi connectivity index (χ4v) is 6.98. The summed E-state index contributed by atoms with van der Waals surface area (Å²) >= 11 is 0. The van der Waals surface area contributed by atoms with Crippen LogP contribution in [0.1, 0.15) is 25.7 Å². The maximum atomic E-state index is 13.1. The zero-order valence-electron chi connectivity index (χ0n) is 18.1. The Morgan fingerprint density at radius 2 is 1.38 bits per heavy atom. The topological polar surface area (TPSA) is 96.0 Å². The lowest BCUT2D eigenvalue weighted by Gasteiger charge is -2.35. The summed E-state index contributed by atoms with van der Waals surface area (Å²) in [5, 5.41) is 0. The van der Waals surface area contributed by atoms with Crippen molar-refractivity contribution in [2.45, 2.75) is 41.5 Å². The minimum atomic E-state index is -3.69. The Bertz CT molecular complexity index is 1120. The molecule has 32 heavy (non-hydrogen) atoms. The summed E-state index contributed by atoms with van der Waals surface area (Å²) in [5.41, 5.74) is 1.02. The Balaban J connectivity index is 1.41. The summed E-state index contributed by atoms with van der Waals surface area (Å²) < 4.78 is 60.7. The molecule has 174 valence electrons. The van der Waals surface area contributed by atoms with Crippen molar-refractivity contribution >= 4 is 25.7 Å². The van der Waals surface area contributed by atoms with Crippen molar-refractivity contribution in [3.05, 3.63) is 48.5 Å². The number of hydrogen-bond acceptors (Lipinski definition) is 6. The van der Waals surface area contributed by atoms with Crippen LogP contribution in [0.25, 0.3) is 0 Å². The molecule has 2 aromatic rings. The highest BCUT2D eigenvalue weighted by molar-refractivity contribution is 7.89.